The summed E-state index contributed by atoms with van der Waals surface area (Å²) in [5, 5.41) is 24.8. The highest BCUT2D eigenvalue weighted by Crippen LogP contribution is 2.47. The van der Waals surface area contributed by atoms with Crippen molar-refractivity contribution in [3.8, 4) is 5.75 Å². The van der Waals surface area contributed by atoms with E-state index >= 15 is 0 Å². The van der Waals surface area contributed by atoms with Crippen molar-refractivity contribution in [2.75, 3.05) is 26.3 Å². The molecular formula is C30H33N3O6. The number of para-hydroxylation sites is 2. The number of fused-ring (bicyclic) bond motifs is 4. The summed E-state index contributed by atoms with van der Waals surface area (Å²) in [5.74, 6) is -0.424. The van der Waals surface area contributed by atoms with E-state index in [1.165, 1.54) is 0 Å². The first-order chi connectivity index (χ1) is 19.0. The Hall–Kier alpha value is -3.66. The molecule has 0 radical (unpaired) electrons. The summed E-state index contributed by atoms with van der Waals surface area (Å²) in [6.45, 7) is 0.746. The van der Waals surface area contributed by atoms with Crippen molar-refractivity contribution in [3.05, 3.63) is 77.5 Å². The van der Waals surface area contributed by atoms with Gasteiger partial charge in [0.05, 0.1) is 18.6 Å². The Morgan fingerprint density at radius 1 is 1.13 bits per heavy atom. The lowest BCUT2D eigenvalue weighted by Gasteiger charge is -2.41. The maximum absolute atomic E-state index is 13.8. The normalized spacial score (nSPS) is 25.5. The van der Waals surface area contributed by atoms with Gasteiger partial charge in [0.2, 0.25) is 5.91 Å². The van der Waals surface area contributed by atoms with Crippen LogP contribution in [-0.2, 0) is 20.7 Å². The van der Waals surface area contributed by atoms with Crippen LogP contribution in [0.15, 0.2) is 66.2 Å². The lowest BCUT2D eigenvalue weighted by atomic mass is 9.77. The summed E-state index contributed by atoms with van der Waals surface area (Å²) in [7, 11) is 0. The Morgan fingerprint density at radius 3 is 2.74 bits per heavy atom. The average Bonchev–Trinajstić information content (AvgIpc) is 3.71. The van der Waals surface area contributed by atoms with E-state index in [0.29, 0.717) is 37.3 Å². The summed E-state index contributed by atoms with van der Waals surface area (Å²) in [6, 6.07) is 16.7. The van der Waals surface area contributed by atoms with Gasteiger partial charge in [-0.05, 0) is 42.5 Å². The van der Waals surface area contributed by atoms with Crippen molar-refractivity contribution in [2.24, 2.45) is 0 Å². The smallest absolute Gasteiger partial charge is 0.252 e. The quantitative estimate of drug-likeness (QED) is 0.353. The largest absolute Gasteiger partial charge is 0.486 e. The molecule has 0 bridgehead atoms. The predicted octanol–water partition coefficient (Wildman–Crippen LogP) is 2.04. The van der Waals surface area contributed by atoms with Crippen molar-refractivity contribution >= 4 is 22.7 Å². The number of amides is 2. The number of nitrogens with zero attached hydrogens (tertiary/aromatic N) is 1. The van der Waals surface area contributed by atoms with Gasteiger partial charge in [-0.1, -0.05) is 36.4 Å². The number of nitrogens with one attached hydrogen (secondary N) is 2. The Balaban J connectivity index is 1.35. The molecule has 6 rings (SSSR count). The minimum Gasteiger partial charge on any atom is -0.486 e. The molecule has 1 saturated heterocycles. The Labute approximate surface area is 226 Å². The molecule has 4 N–H and O–H groups in total. The first-order valence-corrected chi connectivity index (χ1v) is 13.6. The minimum atomic E-state index is -1.06. The number of hydrogen-bond donors (Lipinski definition) is 4. The van der Waals surface area contributed by atoms with E-state index in [0.717, 1.165) is 28.6 Å². The van der Waals surface area contributed by atoms with E-state index in [2.05, 4.69) is 16.4 Å². The van der Waals surface area contributed by atoms with Crippen LogP contribution in [0.4, 0.5) is 0 Å². The molecule has 9 nitrogen and oxygen atoms in total. The van der Waals surface area contributed by atoms with Crippen LogP contribution in [-0.4, -0.2) is 82.6 Å². The molecule has 2 aliphatic heterocycles. The van der Waals surface area contributed by atoms with Crippen LogP contribution in [0.1, 0.15) is 30.0 Å². The number of aliphatic hydroxyl groups excluding tert-OH is 2. The Bertz CT molecular complexity index is 1360. The van der Waals surface area contributed by atoms with Crippen LogP contribution >= 0.6 is 0 Å². The summed E-state index contributed by atoms with van der Waals surface area (Å²) < 4.78 is 11.9. The molecule has 0 saturated carbocycles. The minimum absolute atomic E-state index is 0.0994. The van der Waals surface area contributed by atoms with Gasteiger partial charge in [0.15, 0.2) is 0 Å². The van der Waals surface area contributed by atoms with Crippen LogP contribution in [0.25, 0.3) is 10.9 Å². The lowest BCUT2D eigenvalue weighted by molar-refractivity contribution is -0.146. The molecule has 3 aliphatic rings. The van der Waals surface area contributed by atoms with Crippen molar-refractivity contribution in [2.45, 2.75) is 49.5 Å². The maximum Gasteiger partial charge on any atom is 0.252 e. The second-order valence-electron chi connectivity index (χ2n) is 10.3. The highest BCUT2D eigenvalue weighted by atomic mass is 16.5. The second-order valence-corrected chi connectivity index (χ2v) is 10.3. The molecule has 1 aromatic heterocycles. The van der Waals surface area contributed by atoms with Crippen LogP contribution < -0.4 is 10.1 Å². The monoisotopic (exact) mass is 531 g/mol. The SMILES string of the molecule is O=C(NCCO)C1=C[C@@H](N(CCc2cc3ccccc3[nH]2)C(=O)C2CCCO2)[C@H](O)[C@H]2Oc3ccccc3[C@@H]12. The molecular weight excluding hydrogens is 498 g/mol. The number of benzene rings is 2. The van der Waals surface area contributed by atoms with E-state index in [4.69, 9.17) is 9.47 Å². The number of aromatic amines is 1. The Morgan fingerprint density at radius 2 is 1.95 bits per heavy atom. The third kappa shape index (κ3) is 4.82. The number of rotatable bonds is 8. The van der Waals surface area contributed by atoms with Crippen molar-refractivity contribution in [1.29, 1.82) is 0 Å². The highest BCUT2D eigenvalue weighted by molar-refractivity contribution is 5.96. The first kappa shape index (κ1) is 25.6. The van der Waals surface area contributed by atoms with Crippen molar-refractivity contribution in [3.63, 3.8) is 0 Å². The van der Waals surface area contributed by atoms with E-state index < -0.39 is 30.3 Å². The van der Waals surface area contributed by atoms with Crippen molar-refractivity contribution in [1.82, 2.24) is 15.2 Å². The molecule has 1 aliphatic carbocycles. The first-order valence-electron chi connectivity index (χ1n) is 13.6. The molecule has 2 aromatic carbocycles. The van der Waals surface area contributed by atoms with Crippen molar-refractivity contribution < 1.29 is 29.3 Å². The third-order valence-corrected chi connectivity index (χ3v) is 7.93. The number of H-pyrrole nitrogens is 1. The number of aromatic nitrogens is 1. The van der Waals surface area contributed by atoms with Gasteiger partial charge in [-0.3, -0.25) is 9.59 Å². The molecule has 3 aromatic rings. The fourth-order valence-electron chi connectivity index (χ4n) is 6.06. The average molecular weight is 532 g/mol. The molecule has 39 heavy (non-hydrogen) atoms. The zero-order valence-electron chi connectivity index (χ0n) is 21.6. The zero-order valence-corrected chi connectivity index (χ0v) is 21.6. The van der Waals surface area contributed by atoms with E-state index in [9.17, 15) is 19.8 Å². The highest BCUT2D eigenvalue weighted by Gasteiger charge is 2.51. The topological polar surface area (TPSA) is 124 Å². The summed E-state index contributed by atoms with van der Waals surface area (Å²) in [6.07, 6.45) is 1.27. The number of ether oxygens (including phenoxy) is 2. The van der Waals surface area contributed by atoms with Crippen LogP contribution in [0, 0.1) is 0 Å². The van der Waals surface area contributed by atoms with Gasteiger partial charge in [-0.15, -0.1) is 0 Å². The van der Waals surface area contributed by atoms with Gasteiger partial charge in [0.1, 0.15) is 24.1 Å². The molecule has 2 amide bonds. The van der Waals surface area contributed by atoms with Gasteiger partial charge in [-0.2, -0.15) is 0 Å². The summed E-state index contributed by atoms with van der Waals surface area (Å²) in [5.41, 5.74) is 3.23. The Kier molecular flexibility index (Phi) is 7.12. The van der Waals surface area contributed by atoms with Gasteiger partial charge >= 0.3 is 0 Å². The molecule has 3 heterocycles. The molecule has 9 heteroatoms. The van der Waals surface area contributed by atoms with E-state index in [-0.39, 0.29) is 25.0 Å². The second kappa shape index (κ2) is 10.8. The number of hydrogen-bond acceptors (Lipinski definition) is 6. The fraction of sp³-hybridized carbons (Fsp3) is 0.400. The third-order valence-electron chi connectivity index (χ3n) is 7.93. The molecule has 0 spiro atoms. The van der Waals surface area contributed by atoms with Gasteiger partial charge in [-0.25, -0.2) is 0 Å². The molecule has 1 fully saturated rings. The molecule has 5 atom stereocenters. The van der Waals surface area contributed by atoms with Crippen LogP contribution in [0.5, 0.6) is 5.75 Å². The summed E-state index contributed by atoms with van der Waals surface area (Å²) in [4.78, 5) is 32.2. The van der Waals surface area contributed by atoms with Crippen LogP contribution in [0.3, 0.4) is 0 Å². The van der Waals surface area contributed by atoms with E-state index in [1.807, 2.05) is 48.5 Å². The van der Waals surface area contributed by atoms with Gasteiger partial charge in [0.25, 0.3) is 5.91 Å². The predicted molar refractivity (Wildman–Crippen MR) is 144 cm³/mol. The van der Waals surface area contributed by atoms with Gasteiger partial charge in [0, 0.05) is 48.5 Å². The number of carbonyl (C=O) groups excluding carboxylic acids is 2. The summed E-state index contributed by atoms with van der Waals surface area (Å²) >= 11 is 0. The van der Waals surface area contributed by atoms with E-state index in [1.54, 1.807) is 11.0 Å². The fourth-order valence-corrected chi connectivity index (χ4v) is 6.06. The van der Waals surface area contributed by atoms with Crippen LogP contribution in [0.2, 0.25) is 0 Å². The maximum atomic E-state index is 13.8. The molecule has 204 valence electrons. The number of carbonyl (C=O) groups is 2. The zero-order chi connectivity index (χ0) is 26.9. The molecule has 1 unspecified atom stereocenters. The number of aliphatic hydroxyl groups is 2. The standard InChI is InChI=1S/C30H33N3O6/c34-14-12-31-29(36)21-17-23(27(35)28-26(21)20-7-2-4-9-24(20)39-28)33(30(37)25-10-5-15-38-25)13-11-19-16-18-6-1-3-8-22(18)32-19/h1-4,6-9,16-17,23,25-28,32,34-35H,5,10-15H2,(H,31,36)/t23-,25?,26+,27+,28+/m1/s1. The lowest BCUT2D eigenvalue weighted by Crippen LogP contribution is -2.57. The van der Waals surface area contributed by atoms with Gasteiger partial charge < -0.3 is 34.9 Å².